The lowest BCUT2D eigenvalue weighted by Crippen LogP contribution is -2.16. The van der Waals surface area contributed by atoms with Gasteiger partial charge in [-0.3, -0.25) is 4.98 Å². The van der Waals surface area contributed by atoms with E-state index in [1.807, 2.05) is 12.1 Å². The summed E-state index contributed by atoms with van der Waals surface area (Å²) in [5, 5.41) is 3.33. The summed E-state index contributed by atoms with van der Waals surface area (Å²) < 4.78 is 0. The van der Waals surface area contributed by atoms with Crippen molar-refractivity contribution in [3.8, 4) is 0 Å². The fourth-order valence-corrected chi connectivity index (χ4v) is 2.08. The Labute approximate surface area is 114 Å². The highest BCUT2D eigenvalue weighted by atomic mass is 14.9. The summed E-state index contributed by atoms with van der Waals surface area (Å²) in [5.41, 5.74) is 4.53. The number of pyridine rings is 1. The summed E-state index contributed by atoms with van der Waals surface area (Å²) in [4.78, 5) is 13.2. The normalized spacial score (nSPS) is 10.7. The van der Waals surface area contributed by atoms with Crippen LogP contribution in [0.15, 0.2) is 24.5 Å². The van der Waals surface area contributed by atoms with Crippen molar-refractivity contribution in [3.05, 3.63) is 52.9 Å². The van der Waals surface area contributed by atoms with Gasteiger partial charge in [0.15, 0.2) is 0 Å². The van der Waals surface area contributed by atoms with Crippen LogP contribution in [0.1, 0.15) is 35.3 Å². The second kappa shape index (κ2) is 6.38. The van der Waals surface area contributed by atoms with Gasteiger partial charge in [-0.15, -0.1) is 0 Å². The van der Waals surface area contributed by atoms with E-state index in [4.69, 9.17) is 0 Å². The predicted octanol–water partition coefficient (Wildman–Crippen LogP) is 2.19. The van der Waals surface area contributed by atoms with E-state index < -0.39 is 0 Å². The van der Waals surface area contributed by atoms with Gasteiger partial charge in [0.25, 0.3) is 0 Å². The SMILES string of the molecule is CCNCc1c(C)nc(Cc2ccncc2)nc1C. The first-order valence-corrected chi connectivity index (χ1v) is 6.63. The highest BCUT2D eigenvalue weighted by Crippen LogP contribution is 2.12. The fraction of sp³-hybridized carbons (Fsp3) is 0.400. The molecule has 1 N–H and O–H groups in total. The van der Waals surface area contributed by atoms with Crippen LogP contribution in [0, 0.1) is 13.8 Å². The number of aromatic nitrogens is 3. The van der Waals surface area contributed by atoms with E-state index in [1.54, 1.807) is 12.4 Å². The van der Waals surface area contributed by atoms with Crippen molar-refractivity contribution >= 4 is 0 Å². The maximum absolute atomic E-state index is 4.61. The zero-order chi connectivity index (χ0) is 13.7. The van der Waals surface area contributed by atoms with Crippen LogP contribution in [0.5, 0.6) is 0 Å². The molecule has 0 bridgehead atoms. The highest BCUT2D eigenvalue weighted by molar-refractivity contribution is 5.26. The number of nitrogens with one attached hydrogen (secondary N) is 1. The Bertz CT molecular complexity index is 514. The minimum absolute atomic E-state index is 0.756. The summed E-state index contributed by atoms with van der Waals surface area (Å²) in [6.07, 6.45) is 4.36. The first-order chi connectivity index (χ1) is 9.20. The van der Waals surface area contributed by atoms with Gasteiger partial charge >= 0.3 is 0 Å². The van der Waals surface area contributed by atoms with Crippen molar-refractivity contribution < 1.29 is 0 Å². The van der Waals surface area contributed by atoms with Crippen molar-refractivity contribution in [2.75, 3.05) is 6.54 Å². The standard InChI is InChI=1S/C15H20N4/c1-4-16-10-14-11(2)18-15(19-12(14)3)9-13-5-7-17-8-6-13/h5-8,16H,4,9-10H2,1-3H3. The molecule has 0 fully saturated rings. The first-order valence-electron chi connectivity index (χ1n) is 6.63. The molecule has 0 aliphatic heterocycles. The van der Waals surface area contributed by atoms with Crippen LogP contribution >= 0.6 is 0 Å². The van der Waals surface area contributed by atoms with Crippen LogP contribution < -0.4 is 5.32 Å². The van der Waals surface area contributed by atoms with Gasteiger partial charge in [0.2, 0.25) is 0 Å². The van der Waals surface area contributed by atoms with Gasteiger partial charge in [-0.25, -0.2) is 9.97 Å². The minimum Gasteiger partial charge on any atom is -0.313 e. The second-order valence-corrected chi connectivity index (χ2v) is 4.60. The molecule has 0 spiro atoms. The third-order valence-electron chi connectivity index (χ3n) is 3.13. The zero-order valence-electron chi connectivity index (χ0n) is 11.8. The van der Waals surface area contributed by atoms with Crippen LogP contribution in [0.2, 0.25) is 0 Å². The van der Waals surface area contributed by atoms with E-state index in [2.05, 4.69) is 41.0 Å². The molecule has 2 rings (SSSR count). The van der Waals surface area contributed by atoms with Gasteiger partial charge < -0.3 is 5.32 Å². The Morgan fingerprint density at radius 1 is 1.05 bits per heavy atom. The summed E-state index contributed by atoms with van der Waals surface area (Å²) in [7, 11) is 0. The lowest BCUT2D eigenvalue weighted by Gasteiger charge is -2.11. The first kappa shape index (κ1) is 13.6. The summed E-state index contributed by atoms with van der Waals surface area (Å²) in [6.45, 7) is 8.00. The largest absolute Gasteiger partial charge is 0.313 e. The molecule has 4 nitrogen and oxygen atoms in total. The van der Waals surface area contributed by atoms with Gasteiger partial charge in [0.1, 0.15) is 5.82 Å². The molecule has 0 unspecified atom stereocenters. The van der Waals surface area contributed by atoms with Gasteiger partial charge in [0, 0.05) is 42.3 Å². The number of rotatable bonds is 5. The average Bonchev–Trinajstić information content (AvgIpc) is 2.39. The maximum Gasteiger partial charge on any atom is 0.133 e. The van der Waals surface area contributed by atoms with Crippen molar-refractivity contribution in [1.82, 2.24) is 20.3 Å². The molecule has 19 heavy (non-hydrogen) atoms. The molecule has 2 aromatic heterocycles. The molecule has 0 amide bonds. The van der Waals surface area contributed by atoms with Crippen LogP contribution in [-0.2, 0) is 13.0 Å². The molecule has 0 saturated heterocycles. The molecular weight excluding hydrogens is 236 g/mol. The number of nitrogens with zero attached hydrogens (tertiary/aromatic N) is 3. The summed E-state index contributed by atoms with van der Waals surface area (Å²) in [6, 6.07) is 4.00. The lowest BCUT2D eigenvalue weighted by molar-refractivity contribution is 0.706. The quantitative estimate of drug-likeness (QED) is 0.891. The zero-order valence-corrected chi connectivity index (χ0v) is 11.8. The minimum atomic E-state index is 0.756. The third kappa shape index (κ3) is 3.58. The summed E-state index contributed by atoms with van der Waals surface area (Å²) >= 11 is 0. The molecule has 2 aromatic rings. The third-order valence-corrected chi connectivity index (χ3v) is 3.13. The average molecular weight is 256 g/mol. The molecule has 0 saturated carbocycles. The fourth-order valence-electron chi connectivity index (χ4n) is 2.08. The Morgan fingerprint density at radius 2 is 1.68 bits per heavy atom. The van der Waals surface area contributed by atoms with Gasteiger partial charge in [-0.05, 0) is 38.1 Å². The van der Waals surface area contributed by atoms with Crippen LogP contribution in [0.25, 0.3) is 0 Å². The van der Waals surface area contributed by atoms with E-state index in [9.17, 15) is 0 Å². The Hall–Kier alpha value is -1.81. The molecule has 0 aliphatic rings. The molecule has 0 atom stereocenters. The van der Waals surface area contributed by atoms with Crippen LogP contribution in [0.3, 0.4) is 0 Å². The number of hydrogen-bond acceptors (Lipinski definition) is 4. The van der Waals surface area contributed by atoms with E-state index >= 15 is 0 Å². The monoisotopic (exact) mass is 256 g/mol. The topological polar surface area (TPSA) is 50.7 Å². The Kier molecular flexibility index (Phi) is 4.58. The maximum atomic E-state index is 4.61. The lowest BCUT2D eigenvalue weighted by atomic mass is 10.1. The molecule has 100 valence electrons. The van der Waals surface area contributed by atoms with Crippen molar-refractivity contribution in [2.24, 2.45) is 0 Å². The summed E-state index contributed by atoms with van der Waals surface area (Å²) in [5.74, 6) is 0.876. The van der Waals surface area contributed by atoms with Crippen LogP contribution in [-0.4, -0.2) is 21.5 Å². The molecule has 0 radical (unpaired) electrons. The Balaban J connectivity index is 2.20. The molecule has 4 heteroatoms. The van der Waals surface area contributed by atoms with E-state index in [0.29, 0.717) is 0 Å². The van der Waals surface area contributed by atoms with Gasteiger partial charge in [-0.2, -0.15) is 0 Å². The van der Waals surface area contributed by atoms with E-state index in [0.717, 1.165) is 36.7 Å². The smallest absolute Gasteiger partial charge is 0.133 e. The molecular formula is C15H20N4. The second-order valence-electron chi connectivity index (χ2n) is 4.60. The highest BCUT2D eigenvalue weighted by Gasteiger charge is 2.08. The van der Waals surface area contributed by atoms with Crippen molar-refractivity contribution in [3.63, 3.8) is 0 Å². The number of aryl methyl sites for hydroxylation is 2. The predicted molar refractivity (Wildman–Crippen MR) is 75.9 cm³/mol. The Morgan fingerprint density at radius 3 is 2.26 bits per heavy atom. The molecule has 0 aromatic carbocycles. The van der Waals surface area contributed by atoms with Gasteiger partial charge in [-0.1, -0.05) is 6.92 Å². The van der Waals surface area contributed by atoms with E-state index in [-0.39, 0.29) is 0 Å². The van der Waals surface area contributed by atoms with Crippen molar-refractivity contribution in [1.29, 1.82) is 0 Å². The van der Waals surface area contributed by atoms with E-state index in [1.165, 1.54) is 11.1 Å². The van der Waals surface area contributed by atoms with Gasteiger partial charge in [0.05, 0.1) is 0 Å². The number of hydrogen-bond donors (Lipinski definition) is 1. The van der Waals surface area contributed by atoms with Crippen LogP contribution in [0.4, 0.5) is 0 Å². The van der Waals surface area contributed by atoms with Crippen molar-refractivity contribution in [2.45, 2.75) is 33.7 Å². The molecule has 2 heterocycles. The molecule has 0 aliphatic carbocycles.